The van der Waals surface area contributed by atoms with Crippen LogP contribution in [0.25, 0.3) is 0 Å². The van der Waals surface area contributed by atoms with Gasteiger partial charge in [0.2, 0.25) is 5.91 Å². The number of likely N-dealkylation sites (tertiary alicyclic amines) is 1. The number of carbonyl (C=O) groups is 2. The summed E-state index contributed by atoms with van der Waals surface area (Å²) in [4.78, 5) is 28.8. The van der Waals surface area contributed by atoms with Crippen LogP contribution in [0.5, 0.6) is 5.75 Å². The molecule has 0 saturated carbocycles. The molecule has 2 heterocycles. The van der Waals surface area contributed by atoms with Gasteiger partial charge in [0, 0.05) is 42.8 Å². The number of nitriles is 1. The molecule has 1 unspecified atom stereocenters. The number of nitrogens with two attached hydrogens (primary N) is 1. The Kier molecular flexibility index (Phi) is 6.36. The van der Waals surface area contributed by atoms with E-state index in [4.69, 9.17) is 15.7 Å². The first-order chi connectivity index (χ1) is 16.6. The van der Waals surface area contributed by atoms with Gasteiger partial charge in [-0.2, -0.15) is 18.4 Å². The highest BCUT2D eigenvalue weighted by Gasteiger charge is 2.51. The summed E-state index contributed by atoms with van der Waals surface area (Å²) in [5, 5.41) is 9.07. The molecule has 2 saturated heterocycles. The normalized spacial score (nSPS) is 19.5. The van der Waals surface area contributed by atoms with Crippen LogP contribution < -0.4 is 15.4 Å². The molecule has 2 fully saturated rings. The van der Waals surface area contributed by atoms with E-state index in [0.717, 1.165) is 12.1 Å². The fraction of sp³-hybridized carbons (Fsp3) is 0.400. The fourth-order valence-corrected chi connectivity index (χ4v) is 5.22. The molecule has 2 N–H and O–H groups in total. The standard InChI is InChI=1S/C25H25F3N4O3/c1-35-19-4-2-3-16(11-19)23(34)31-9-7-24(8-10-31)15-32(14-21(24)22(30)33)18-6-5-17(13-29)20(12-18)25(26,27)28/h2-6,11-12,21H,7-10,14-15H2,1H3,(H2,30,33). The van der Waals surface area contributed by atoms with Gasteiger partial charge in [0.15, 0.2) is 0 Å². The molecule has 1 spiro atoms. The van der Waals surface area contributed by atoms with Crippen molar-refractivity contribution in [1.29, 1.82) is 5.26 Å². The Balaban J connectivity index is 1.54. The quantitative estimate of drug-likeness (QED) is 0.714. The summed E-state index contributed by atoms with van der Waals surface area (Å²) < 4.78 is 45.6. The SMILES string of the molecule is COc1cccc(C(=O)N2CCC3(CC2)CN(c2ccc(C#N)c(C(F)(F)F)c2)CC3C(N)=O)c1. The molecular formula is C25H25F3N4O3. The van der Waals surface area contributed by atoms with Crippen molar-refractivity contribution in [3.8, 4) is 11.8 Å². The number of ether oxygens (including phenoxy) is 1. The highest BCUT2D eigenvalue weighted by Crippen LogP contribution is 2.47. The maximum atomic E-state index is 13.5. The van der Waals surface area contributed by atoms with E-state index in [-0.39, 0.29) is 18.1 Å². The van der Waals surface area contributed by atoms with E-state index in [0.29, 0.717) is 43.8 Å². The van der Waals surface area contributed by atoms with Crippen LogP contribution in [0.3, 0.4) is 0 Å². The lowest BCUT2D eigenvalue weighted by molar-refractivity contribution is -0.137. The molecule has 0 bridgehead atoms. The Morgan fingerprint density at radius 3 is 2.49 bits per heavy atom. The minimum atomic E-state index is -4.67. The van der Waals surface area contributed by atoms with Crippen LogP contribution in [0.1, 0.15) is 34.3 Å². The van der Waals surface area contributed by atoms with Gasteiger partial charge in [0.05, 0.1) is 30.2 Å². The van der Waals surface area contributed by atoms with Crippen LogP contribution in [0, 0.1) is 22.7 Å². The van der Waals surface area contributed by atoms with E-state index in [2.05, 4.69) is 0 Å². The summed E-state index contributed by atoms with van der Waals surface area (Å²) in [5.74, 6) is -0.650. The van der Waals surface area contributed by atoms with Gasteiger partial charge in [0.1, 0.15) is 5.75 Å². The number of carbonyl (C=O) groups excluding carboxylic acids is 2. The Hall–Kier alpha value is -3.74. The number of hydrogen-bond donors (Lipinski definition) is 1. The topological polar surface area (TPSA) is 99.7 Å². The third-order valence-corrected chi connectivity index (χ3v) is 7.15. The number of rotatable bonds is 4. The summed E-state index contributed by atoms with van der Waals surface area (Å²) in [7, 11) is 1.52. The molecule has 184 valence electrons. The molecule has 2 amide bonds. The molecule has 2 aliphatic heterocycles. The number of amides is 2. The lowest BCUT2D eigenvalue weighted by Gasteiger charge is -2.41. The molecule has 0 radical (unpaired) electrons. The third kappa shape index (κ3) is 4.63. The number of primary amides is 1. The second-order valence-electron chi connectivity index (χ2n) is 9.06. The molecule has 2 aromatic carbocycles. The lowest BCUT2D eigenvalue weighted by atomic mass is 9.70. The van der Waals surface area contributed by atoms with E-state index >= 15 is 0 Å². The third-order valence-electron chi connectivity index (χ3n) is 7.15. The van der Waals surface area contributed by atoms with Gasteiger partial charge in [-0.1, -0.05) is 6.07 Å². The number of nitrogens with zero attached hydrogens (tertiary/aromatic N) is 3. The Morgan fingerprint density at radius 1 is 1.17 bits per heavy atom. The Bertz CT molecular complexity index is 1180. The molecular weight excluding hydrogens is 461 g/mol. The van der Waals surface area contributed by atoms with Crippen LogP contribution in [-0.4, -0.2) is 50.0 Å². The second-order valence-corrected chi connectivity index (χ2v) is 9.06. The van der Waals surface area contributed by atoms with Gasteiger partial charge in [-0.15, -0.1) is 0 Å². The van der Waals surface area contributed by atoms with Gasteiger partial charge in [-0.25, -0.2) is 0 Å². The zero-order valence-corrected chi connectivity index (χ0v) is 19.1. The van der Waals surface area contributed by atoms with Crippen molar-refractivity contribution in [1.82, 2.24) is 4.90 Å². The highest BCUT2D eigenvalue weighted by atomic mass is 19.4. The first-order valence-electron chi connectivity index (χ1n) is 11.2. The Morgan fingerprint density at radius 2 is 1.89 bits per heavy atom. The monoisotopic (exact) mass is 486 g/mol. The van der Waals surface area contributed by atoms with E-state index in [1.165, 1.54) is 13.2 Å². The lowest BCUT2D eigenvalue weighted by Crippen LogP contribution is -2.49. The summed E-state index contributed by atoms with van der Waals surface area (Å²) in [6.45, 7) is 1.32. The first kappa shape index (κ1) is 24.4. The minimum Gasteiger partial charge on any atom is -0.497 e. The van der Waals surface area contributed by atoms with Gasteiger partial charge >= 0.3 is 6.18 Å². The van der Waals surface area contributed by atoms with Crippen molar-refractivity contribution in [2.24, 2.45) is 17.1 Å². The van der Waals surface area contributed by atoms with Crippen molar-refractivity contribution in [3.63, 3.8) is 0 Å². The maximum Gasteiger partial charge on any atom is 0.417 e. The number of anilines is 1. The number of piperidine rings is 1. The fourth-order valence-electron chi connectivity index (χ4n) is 5.22. The van der Waals surface area contributed by atoms with Crippen LogP contribution in [0.4, 0.5) is 18.9 Å². The predicted molar refractivity (Wildman–Crippen MR) is 122 cm³/mol. The maximum absolute atomic E-state index is 13.5. The smallest absolute Gasteiger partial charge is 0.417 e. The van der Waals surface area contributed by atoms with Crippen LogP contribution in [0.2, 0.25) is 0 Å². The van der Waals surface area contributed by atoms with E-state index in [9.17, 15) is 22.8 Å². The number of benzene rings is 2. The first-order valence-corrected chi connectivity index (χ1v) is 11.2. The summed E-state index contributed by atoms with van der Waals surface area (Å²) in [6, 6.07) is 12.0. The molecule has 35 heavy (non-hydrogen) atoms. The van der Waals surface area contributed by atoms with Gasteiger partial charge < -0.3 is 20.3 Å². The van der Waals surface area contributed by atoms with Crippen molar-refractivity contribution >= 4 is 17.5 Å². The minimum absolute atomic E-state index is 0.147. The van der Waals surface area contributed by atoms with Crippen LogP contribution in [-0.2, 0) is 11.0 Å². The van der Waals surface area contributed by atoms with Gasteiger partial charge in [0.25, 0.3) is 5.91 Å². The number of methoxy groups -OCH3 is 1. The molecule has 1 atom stereocenters. The average Bonchev–Trinajstić information content (AvgIpc) is 3.22. The van der Waals surface area contributed by atoms with Crippen molar-refractivity contribution in [2.45, 2.75) is 19.0 Å². The van der Waals surface area contributed by atoms with Crippen molar-refractivity contribution in [2.75, 3.05) is 38.2 Å². The number of halogens is 3. The second kappa shape index (κ2) is 9.13. The number of alkyl halides is 3. The van der Waals surface area contributed by atoms with Crippen LogP contribution in [0.15, 0.2) is 42.5 Å². The molecule has 10 heteroatoms. The molecule has 2 aromatic rings. The summed E-state index contributed by atoms with van der Waals surface area (Å²) in [5.41, 5.74) is 4.49. The largest absolute Gasteiger partial charge is 0.497 e. The predicted octanol–water partition coefficient (Wildman–Crippen LogP) is 3.43. The molecule has 4 rings (SSSR count). The van der Waals surface area contributed by atoms with Crippen molar-refractivity contribution in [3.05, 3.63) is 59.2 Å². The van der Waals surface area contributed by atoms with Gasteiger partial charge in [-0.05, 0) is 49.2 Å². The van der Waals surface area contributed by atoms with E-state index in [1.54, 1.807) is 40.1 Å². The van der Waals surface area contributed by atoms with Gasteiger partial charge in [-0.3, -0.25) is 9.59 Å². The molecule has 0 aromatic heterocycles. The number of hydrogen-bond acceptors (Lipinski definition) is 5. The van der Waals surface area contributed by atoms with E-state index < -0.39 is 34.5 Å². The molecule has 0 aliphatic carbocycles. The average molecular weight is 486 g/mol. The van der Waals surface area contributed by atoms with Crippen LogP contribution >= 0.6 is 0 Å². The zero-order chi connectivity index (χ0) is 25.4. The Labute approximate surface area is 200 Å². The van der Waals surface area contributed by atoms with Crippen molar-refractivity contribution < 1.29 is 27.5 Å². The van der Waals surface area contributed by atoms with E-state index in [1.807, 2.05) is 0 Å². The highest BCUT2D eigenvalue weighted by molar-refractivity contribution is 5.94. The molecule has 7 nitrogen and oxygen atoms in total. The summed E-state index contributed by atoms with van der Waals surface area (Å²) in [6.07, 6.45) is -3.68. The summed E-state index contributed by atoms with van der Waals surface area (Å²) >= 11 is 0. The zero-order valence-electron chi connectivity index (χ0n) is 19.1. The molecule has 2 aliphatic rings.